The fourth-order valence-electron chi connectivity index (χ4n) is 2.08. The van der Waals surface area contributed by atoms with Crippen LogP contribution in [0.2, 0.25) is 0 Å². The van der Waals surface area contributed by atoms with Crippen molar-refractivity contribution < 1.29 is 19.1 Å². The van der Waals surface area contributed by atoms with Crippen LogP contribution in [-0.2, 0) is 19.1 Å². The minimum atomic E-state index is -0.788. The molecule has 0 aromatic carbocycles. The maximum absolute atomic E-state index is 12.3. The molecule has 0 aromatic heterocycles. The fourth-order valence-corrected chi connectivity index (χ4v) is 2.08. The van der Waals surface area contributed by atoms with Gasteiger partial charge in [-0.2, -0.15) is 0 Å². The van der Waals surface area contributed by atoms with Crippen LogP contribution in [0.5, 0.6) is 0 Å². The number of rotatable bonds is 6. The normalized spacial score (nSPS) is 22.4. The van der Waals surface area contributed by atoms with Gasteiger partial charge in [-0.25, -0.2) is 0 Å². The van der Waals surface area contributed by atoms with Gasteiger partial charge < -0.3 is 20.1 Å². The Hall–Kier alpha value is -1.58. The largest absolute Gasteiger partial charge is 0.355 e. The average Bonchev–Trinajstić information content (AvgIpc) is 2.42. The third kappa shape index (κ3) is 5.66. The van der Waals surface area contributed by atoms with E-state index in [0.717, 1.165) is 0 Å². The van der Waals surface area contributed by atoms with Crippen LogP contribution >= 0.6 is 0 Å². The minimum Gasteiger partial charge on any atom is -0.355 e. The van der Waals surface area contributed by atoms with E-state index in [9.17, 15) is 9.59 Å². The maximum atomic E-state index is 12.3. The lowest BCUT2D eigenvalue weighted by Crippen LogP contribution is -2.56. The van der Waals surface area contributed by atoms with Gasteiger partial charge in [0.1, 0.15) is 6.10 Å². The molecule has 1 aliphatic rings. The molecule has 0 saturated carbocycles. The number of hydrogen-bond donors (Lipinski definition) is 2. The van der Waals surface area contributed by atoms with Gasteiger partial charge >= 0.3 is 0 Å². The zero-order chi connectivity index (χ0) is 16.8. The van der Waals surface area contributed by atoms with Gasteiger partial charge in [-0.15, -0.1) is 12.3 Å². The Morgan fingerprint density at radius 2 is 1.91 bits per heavy atom. The number of nitrogens with one attached hydrogen (secondary N) is 2. The average molecular weight is 310 g/mol. The molecule has 1 rings (SSSR count). The van der Waals surface area contributed by atoms with Crippen molar-refractivity contribution >= 4 is 11.8 Å². The Kier molecular flexibility index (Phi) is 6.39. The first-order valence-electron chi connectivity index (χ1n) is 7.47. The van der Waals surface area contributed by atoms with Crippen molar-refractivity contribution in [3.05, 3.63) is 0 Å². The predicted octanol–water partition coefficient (Wildman–Crippen LogP) is 0.810. The van der Waals surface area contributed by atoms with Gasteiger partial charge in [0.15, 0.2) is 5.79 Å². The molecule has 1 saturated heterocycles. The molecule has 22 heavy (non-hydrogen) atoms. The van der Waals surface area contributed by atoms with E-state index in [2.05, 4.69) is 16.6 Å². The SMILES string of the molecule is C#CCCNC(=O)CCNC(=O)C1OC(C)(C)OCC1(C)C. The summed E-state index contributed by atoms with van der Waals surface area (Å²) < 4.78 is 11.3. The van der Waals surface area contributed by atoms with E-state index in [1.807, 2.05) is 13.8 Å². The van der Waals surface area contributed by atoms with Crippen LogP contribution in [0.25, 0.3) is 0 Å². The van der Waals surface area contributed by atoms with E-state index in [4.69, 9.17) is 15.9 Å². The molecule has 2 N–H and O–H groups in total. The lowest BCUT2D eigenvalue weighted by atomic mass is 9.85. The van der Waals surface area contributed by atoms with Gasteiger partial charge in [-0.3, -0.25) is 9.59 Å². The highest BCUT2D eigenvalue weighted by molar-refractivity contribution is 5.83. The second kappa shape index (κ2) is 7.61. The Labute approximate surface area is 132 Å². The second-order valence-electron chi connectivity index (χ2n) is 6.52. The number of carbonyl (C=O) groups excluding carboxylic acids is 2. The van der Waals surface area contributed by atoms with Gasteiger partial charge in [-0.05, 0) is 13.8 Å². The molecule has 0 spiro atoms. The Morgan fingerprint density at radius 3 is 2.55 bits per heavy atom. The van der Waals surface area contributed by atoms with E-state index in [-0.39, 0.29) is 24.8 Å². The van der Waals surface area contributed by atoms with Crippen molar-refractivity contribution in [1.29, 1.82) is 0 Å². The van der Waals surface area contributed by atoms with E-state index >= 15 is 0 Å². The van der Waals surface area contributed by atoms with Crippen molar-refractivity contribution in [3.8, 4) is 12.3 Å². The third-order valence-electron chi connectivity index (χ3n) is 3.38. The van der Waals surface area contributed by atoms with Crippen LogP contribution in [0.1, 0.15) is 40.5 Å². The molecular weight excluding hydrogens is 284 g/mol. The number of hydrogen-bond acceptors (Lipinski definition) is 4. The summed E-state index contributed by atoms with van der Waals surface area (Å²) in [5, 5.41) is 5.43. The number of ether oxygens (including phenoxy) is 2. The van der Waals surface area contributed by atoms with Gasteiger partial charge in [0, 0.05) is 31.3 Å². The second-order valence-corrected chi connectivity index (χ2v) is 6.52. The summed E-state index contributed by atoms with van der Waals surface area (Å²) in [6, 6.07) is 0. The Morgan fingerprint density at radius 1 is 1.23 bits per heavy atom. The molecule has 0 aliphatic carbocycles. The number of terminal acetylenes is 1. The van der Waals surface area contributed by atoms with Gasteiger partial charge in [0.25, 0.3) is 0 Å². The highest BCUT2D eigenvalue weighted by atomic mass is 16.7. The molecule has 1 heterocycles. The summed E-state index contributed by atoms with van der Waals surface area (Å²) in [4.78, 5) is 23.8. The third-order valence-corrected chi connectivity index (χ3v) is 3.38. The molecular formula is C16H26N2O4. The molecule has 0 bridgehead atoms. The maximum Gasteiger partial charge on any atom is 0.249 e. The van der Waals surface area contributed by atoms with Crippen LogP contribution in [0.15, 0.2) is 0 Å². The fraction of sp³-hybridized carbons (Fsp3) is 0.750. The summed E-state index contributed by atoms with van der Waals surface area (Å²) in [6.45, 7) is 8.54. The molecule has 1 unspecified atom stereocenters. The van der Waals surface area contributed by atoms with Crippen LogP contribution in [0.4, 0.5) is 0 Å². The summed E-state index contributed by atoms with van der Waals surface area (Å²) in [6.07, 6.45) is 5.20. The minimum absolute atomic E-state index is 0.136. The number of carbonyl (C=O) groups is 2. The van der Waals surface area contributed by atoms with E-state index in [1.54, 1.807) is 13.8 Å². The monoisotopic (exact) mass is 310 g/mol. The topological polar surface area (TPSA) is 76.7 Å². The van der Waals surface area contributed by atoms with Crippen LogP contribution in [0, 0.1) is 17.8 Å². The quantitative estimate of drug-likeness (QED) is 0.562. The van der Waals surface area contributed by atoms with Crippen molar-refractivity contribution in [2.45, 2.75) is 52.4 Å². The molecule has 6 heteroatoms. The molecule has 124 valence electrons. The predicted molar refractivity (Wildman–Crippen MR) is 82.8 cm³/mol. The van der Waals surface area contributed by atoms with Crippen molar-refractivity contribution in [2.24, 2.45) is 5.41 Å². The van der Waals surface area contributed by atoms with Crippen molar-refractivity contribution in [2.75, 3.05) is 19.7 Å². The van der Waals surface area contributed by atoms with Gasteiger partial charge in [0.05, 0.1) is 6.61 Å². The summed E-state index contributed by atoms with van der Waals surface area (Å²) in [5.41, 5.74) is -0.422. The van der Waals surface area contributed by atoms with Crippen molar-refractivity contribution in [3.63, 3.8) is 0 Å². The van der Waals surface area contributed by atoms with E-state index in [0.29, 0.717) is 19.6 Å². The highest BCUT2D eigenvalue weighted by Gasteiger charge is 2.45. The molecule has 1 fully saturated rings. The molecule has 0 aromatic rings. The molecule has 1 atom stereocenters. The summed E-state index contributed by atoms with van der Waals surface area (Å²) in [7, 11) is 0. The first-order chi connectivity index (χ1) is 10.2. The zero-order valence-electron chi connectivity index (χ0n) is 13.8. The smallest absolute Gasteiger partial charge is 0.249 e. The number of amides is 2. The standard InChI is InChI=1S/C16H26N2O4/c1-6-7-9-17-12(19)8-10-18-14(20)13-15(2,3)11-21-16(4,5)22-13/h1,13H,7-11H2,2-5H3,(H,17,19)(H,18,20). The van der Waals surface area contributed by atoms with Crippen LogP contribution < -0.4 is 10.6 Å². The van der Waals surface area contributed by atoms with Crippen LogP contribution in [0.3, 0.4) is 0 Å². The molecule has 6 nitrogen and oxygen atoms in total. The van der Waals surface area contributed by atoms with E-state index in [1.165, 1.54) is 0 Å². The first-order valence-corrected chi connectivity index (χ1v) is 7.47. The molecule has 1 aliphatic heterocycles. The van der Waals surface area contributed by atoms with Gasteiger partial charge in [0.2, 0.25) is 11.8 Å². The van der Waals surface area contributed by atoms with Gasteiger partial charge in [-0.1, -0.05) is 13.8 Å². The summed E-state index contributed by atoms with van der Waals surface area (Å²) in [5.74, 6) is 1.30. The summed E-state index contributed by atoms with van der Waals surface area (Å²) >= 11 is 0. The lowest BCUT2D eigenvalue weighted by Gasteiger charge is -2.44. The highest BCUT2D eigenvalue weighted by Crippen LogP contribution is 2.34. The van der Waals surface area contributed by atoms with Crippen molar-refractivity contribution in [1.82, 2.24) is 10.6 Å². The molecule has 2 amide bonds. The molecule has 0 radical (unpaired) electrons. The Balaban J connectivity index is 2.41. The first kappa shape index (κ1) is 18.5. The van der Waals surface area contributed by atoms with Crippen LogP contribution in [-0.4, -0.2) is 43.4 Å². The van der Waals surface area contributed by atoms with E-state index < -0.39 is 17.3 Å². The zero-order valence-corrected chi connectivity index (χ0v) is 13.8. The lowest BCUT2D eigenvalue weighted by molar-refractivity contribution is -0.304. The Bertz CT molecular complexity index is 452.